The number of hydrogen-bond donors (Lipinski definition) is 3. The molecule has 3 saturated heterocycles. The minimum absolute atomic E-state index is 0.0564. The molecule has 0 bridgehead atoms. The number of nitrogens with zero attached hydrogens (tertiary/aromatic N) is 5. The van der Waals surface area contributed by atoms with E-state index in [1.165, 1.54) is 6.07 Å². The van der Waals surface area contributed by atoms with Crippen LogP contribution in [0.2, 0.25) is 0 Å². The van der Waals surface area contributed by atoms with Crippen molar-refractivity contribution in [1.82, 2.24) is 34.6 Å². The lowest BCUT2D eigenvalue weighted by atomic mass is 9.89. The topological polar surface area (TPSA) is 127 Å². The maximum absolute atomic E-state index is 14.8. The lowest BCUT2D eigenvalue weighted by Crippen LogP contribution is -2.56. The molecular formula is C31H39F2N7O4. The van der Waals surface area contributed by atoms with E-state index in [1.54, 1.807) is 37.6 Å². The zero-order valence-corrected chi connectivity index (χ0v) is 24.6. The number of amides is 4. The maximum atomic E-state index is 14.8. The Morgan fingerprint density at radius 1 is 0.909 bits per heavy atom. The number of pyridine rings is 1. The Morgan fingerprint density at radius 3 is 2.52 bits per heavy atom. The number of halogens is 2. The van der Waals surface area contributed by atoms with Crippen molar-refractivity contribution >= 4 is 23.2 Å². The Labute approximate surface area is 253 Å². The van der Waals surface area contributed by atoms with Crippen LogP contribution in [-0.4, -0.2) is 97.8 Å². The predicted molar refractivity (Wildman–Crippen MR) is 159 cm³/mol. The van der Waals surface area contributed by atoms with Gasteiger partial charge in [-0.15, -0.1) is 0 Å². The van der Waals surface area contributed by atoms with Gasteiger partial charge in [-0.1, -0.05) is 18.6 Å². The van der Waals surface area contributed by atoms with E-state index in [1.807, 2.05) is 6.07 Å². The molecule has 3 aliphatic rings. The Balaban J connectivity index is 1.13. The van der Waals surface area contributed by atoms with Crippen molar-refractivity contribution in [2.45, 2.75) is 69.1 Å². The number of rotatable bonds is 3. The molecule has 3 atom stereocenters. The van der Waals surface area contributed by atoms with Gasteiger partial charge in [-0.05, 0) is 62.3 Å². The third-order valence-corrected chi connectivity index (χ3v) is 9.28. The number of fused-ring (bicyclic) bond motifs is 1. The molecule has 2 aromatic heterocycles. The summed E-state index contributed by atoms with van der Waals surface area (Å²) in [6.07, 6.45) is 5.32. The standard InChI is InChI=1S/C31H39F2N7O4/c32-25-9-2-8-24(27(25)33)20-5-1-6-21(18-39(17-20)31(44)38-14-4-7-23(41)19-38)35-29(42)37-15-11-22(12-16-37)40-26-10-3-13-34-28(26)36-30(40)43/h2-3,8-10,13,20-23,41H,1,4-7,11-12,14-19H2,(H,35,42)(H,34,36,43)/t20-,21-,23?/m1/s1. The van der Waals surface area contributed by atoms with Crippen LogP contribution in [0.1, 0.15) is 62.5 Å². The summed E-state index contributed by atoms with van der Waals surface area (Å²) >= 11 is 0. The number of carbonyl (C=O) groups excluding carboxylic acids is 2. The third kappa shape index (κ3) is 6.28. The van der Waals surface area contributed by atoms with Crippen molar-refractivity contribution in [1.29, 1.82) is 0 Å². The van der Waals surface area contributed by atoms with Crippen molar-refractivity contribution < 1.29 is 23.5 Å². The molecule has 3 aromatic rings. The van der Waals surface area contributed by atoms with E-state index >= 15 is 0 Å². The van der Waals surface area contributed by atoms with Crippen LogP contribution in [0, 0.1) is 11.6 Å². The number of aromatic nitrogens is 3. The fourth-order valence-corrected chi connectivity index (χ4v) is 7.01. The number of hydrogen-bond acceptors (Lipinski definition) is 5. The van der Waals surface area contributed by atoms with Crippen LogP contribution in [-0.2, 0) is 0 Å². The minimum Gasteiger partial charge on any atom is -0.391 e. The van der Waals surface area contributed by atoms with Gasteiger partial charge in [-0.3, -0.25) is 9.55 Å². The minimum atomic E-state index is -0.915. The molecule has 11 nitrogen and oxygen atoms in total. The van der Waals surface area contributed by atoms with Gasteiger partial charge < -0.3 is 25.1 Å². The lowest BCUT2D eigenvalue weighted by molar-refractivity contribution is 0.0673. The monoisotopic (exact) mass is 611 g/mol. The van der Waals surface area contributed by atoms with Gasteiger partial charge in [-0.2, -0.15) is 0 Å². The second kappa shape index (κ2) is 12.9. The largest absolute Gasteiger partial charge is 0.391 e. The summed E-state index contributed by atoms with van der Waals surface area (Å²) in [4.78, 5) is 51.8. The van der Waals surface area contributed by atoms with Crippen molar-refractivity contribution in [3.8, 4) is 0 Å². The Morgan fingerprint density at radius 2 is 1.73 bits per heavy atom. The van der Waals surface area contributed by atoms with E-state index in [0.717, 1.165) is 11.6 Å². The molecule has 3 fully saturated rings. The van der Waals surface area contributed by atoms with Gasteiger partial charge in [0, 0.05) is 63.5 Å². The first-order valence-electron chi connectivity index (χ1n) is 15.5. The van der Waals surface area contributed by atoms with Crippen molar-refractivity contribution in [2.24, 2.45) is 0 Å². The molecule has 3 aliphatic heterocycles. The number of aliphatic hydroxyl groups excluding tert-OH is 1. The van der Waals surface area contributed by atoms with Gasteiger partial charge in [0.2, 0.25) is 0 Å². The summed E-state index contributed by atoms with van der Waals surface area (Å²) in [5.41, 5.74) is 1.33. The molecule has 0 saturated carbocycles. The molecule has 1 unspecified atom stereocenters. The number of aliphatic hydroxyl groups is 1. The number of aromatic amines is 1. The number of nitrogens with one attached hydrogen (secondary N) is 2. The molecule has 5 heterocycles. The van der Waals surface area contributed by atoms with Crippen LogP contribution in [0.5, 0.6) is 0 Å². The number of urea groups is 2. The molecular weight excluding hydrogens is 572 g/mol. The molecule has 3 N–H and O–H groups in total. The summed E-state index contributed by atoms with van der Waals surface area (Å²) in [6, 6.07) is 6.91. The highest BCUT2D eigenvalue weighted by atomic mass is 19.2. The van der Waals surface area contributed by atoms with Gasteiger partial charge in [-0.25, -0.2) is 28.1 Å². The number of H-pyrrole nitrogens is 1. The second-order valence-electron chi connectivity index (χ2n) is 12.2. The molecule has 0 aliphatic carbocycles. The summed E-state index contributed by atoms with van der Waals surface area (Å²) < 4.78 is 30.7. The number of piperidine rings is 2. The summed E-state index contributed by atoms with van der Waals surface area (Å²) in [6.45, 7) is 2.06. The van der Waals surface area contributed by atoms with Crippen LogP contribution >= 0.6 is 0 Å². The van der Waals surface area contributed by atoms with E-state index in [4.69, 9.17) is 0 Å². The molecule has 4 amide bonds. The normalized spacial score (nSPS) is 23.8. The van der Waals surface area contributed by atoms with E-state index in [2.05, 4.69) is 15.3 Å². The molecule has 0 spiro atoms. The Kier molecular flexibility index (Phi) is 8.83. The van der Waals surface area contributed by atoms with Crippen LogP contribution in [0.3, 0.4) is 0 Å². The number of β-amino-alcohol motifs (C(OH)–C–C–N with tert-alkyl or cyclic N) is 1. The van der Waals surface area contributed by atoms with Gasteiger partial charge >= 0.3 is 17.8 Å². The molecule has 0 radical (unpaired) electrons. The van der Waals surface area contributed by atoms with E-state index < -0.39 is 23.7 Å². The van der Waals surface area contributed by atoms with Crippen LogP contribution in [0.25, 0.3) is 11.2 Å². The van der Waals surface area contributed by atoms with Crippen molar-refractivity contribution in [2.75, 3.05) is 39.3 Å². The zero-order chi connectivity index (χ0) is 30.8. The van der Waals surface area contributed by atoms with E-state index in [0.29, 0.717) is 70.2 Å². The lowest BCUT2D eigenvalue weighted by Gasteiger charge is -2.40. The Hall–Kier alpha value is -4.00. The van der Waals surface area contributed by atoms with Crippen LogP contribution in [0.15, 0.2) is 41.3 Å². The van der Waals surface area contributed by atoms with E-state index in [-0.39, 0.29) is 55.0 Å². The first-order valence-corrected chi connectivity index (χ1v) is 15.5. The van der Waals surface area contributed by atoms with Gasteiger partial charge in [0.15, 0.2) is 17.3 Å². The average Bonchev–Trinajstić information content (AvgIpc) is 3.35. The third-order valence-electron chi connectivity index (χ3n) is 9.28. The average molecular weight is 612 g/mol. The van der Waals surface area contributed by atoms with E-state index in [9.17, 15) is 28.3 Å². The van der Waals surface area contributed by atoms with Crippen LogP contribution < -0.4 is 11.0 Å². The Bertz CT molecular complexity index is 1550. The molecule has 6 rings (SSSR count). The SMILES string of the molecule is O=C(N[C@@H]1CCC[C@@H](c2cccc(F)c2F)CN(C(=O)N2CCCC(O)C2)C1)N1CCC(n2c(=O)[nH]c3ncccc32)CC1. The van der Waals surface area contributed by atoms with Gasteiger partial charge in [0.1, 0.15) is 0 Å². The number of carbonyl (C=O) groups is 2. The van der Waals surface area contributed by atoms with Gasteiger partial charge in [0.05, 0.1) is 11.6 Å². The number of imidazole rings is 1. The molecule has 13 heteroatoms. The fourth-order valence-electron chi connectivity index (χ4n) is 7.01. The highest BCUT2D eigenvalue weighted by Crippen LogP contribution is 2.30. The first kappa shape index (κ1) is 30.0. The highest BCUT2D eigenvalue weighted by Gasteiger charge is 2.34. The zero-order valence-electron chi connectivity index (χ0n) is 24.6. The van der Waals surface area contributed by atoms with Crippen molar-refractivity contribution in [3.63, 3.8) is 0 Å². The second-order valence-corrected chi connectivity index (χ2v) is 12.2. The molecule has 44 heavy (non-hydrogen) atoms. The van der Waals surface area contributed by atoms with Crippen molar-refractivity contribution in [3.05, 3.63) is 64.2 Å². The number of benzene rings is 1. The van der Waals surface area contributed by atoms with Gasteiger partial charge in [0.25, 0.3) is 0 Å². The predicted octanol–water partition coefficient (Wildman–Crippen LogP) is 3.56. The molecule has 1 aromatic carbocycles. The maximum Gasteiger partial charge on any atom is 0.327 e. The highest BCUT2D eigenvalue weighted by molar-refractivity contribution is 5.76. The smallest absolute Gasteiger partial charge is 0.327 e. The van der Waals surface area contributed by atoms with Crippen LogP contribution in [0.4, 0.5) is 18.4 Å². The summed E-state index contributed by atoms with van der Waals surface area (Å²) in [5, 5.41) is 13.3. The molecule has 236 valence electrons. The first-order chi connectivity index (χ1) is 21.3. The number of likely N-dealkylation sites (tertiary alicyclic amines) is 3. The fraction of sp³-hybridized carbons (Fsp3) is 0.548. The summed E-state index contributed by atoms with van der Waals surface area (Å²) in [7, 11) is 0. The quantitative estimate of drug-likeness (QED) is 0.418. The summed E-state index contributed by atoms with van der Waals surface area (Å²) in [5.74, 6) is -2.21.